The van der Waals surface area contributed by atoms with Crippen LogP contribution in [0.15, 0.2) is 24.3 Å². The molecule has 4 nitrogen and oxygen atoms in total. The van der Waals surface area contributed by atoms with Gasteiger partial charge in [0.15, 0.2) is 5.13 Å². The van der Waals surface area contributed by atoms with Gasteiger partial charge in [-0.15, -0.1) is 11.3 Å². The molecule has 2 heterocycles. The van der Waals surface area contributed by atoms with Gasteiger partial charge in [-0.1, -0.05) is 23.7 Å². The molecule has 4 rings (SSSR count). The minimum absolute atomic E-state index is 0.131. The fourth-order valence-electron chi connectivity index (χ4n) is 2.88. The molecule has 1 amide bonds. The Morgan fingerprint density at radius 3 is 3.09 bits per heavy atom. The first kappa shape index (κ1) is 15.1. The maximum atomic E-state index is 11.9. The summed E-state index contributed by atoms with van der Waals surface area (Å²) in [4.78, 5) is 20.1. The number of anilines is 1. The topological polar surface area (TPSA) is 45.2 Å². The molecule has 0 saturated heterocycles. The van der Waals surface area contributed by atoms with Crippen LogP contribution in [-0.4, -0.2) is 22.3 Å². The number of nitrogens with one attached hydrogen (secondary N) is 1. The number of benzene rings is 1. The van der Waals surface area contributed by atoms with Gasteiger partial charge < -0.3 is 5.32 Å². The second-order valence-corrected chi connectivity index (χ2v) is 7.76. The van der Waals surface area contributed by atoms with Crippen LogP contribution in [0.4, 0.5) is 5.13 Å². The maximum Gasteiger partial charge on any atom is 0.229 e. The third-order valence-electron chi connectivity index (χ3n) is 4.28. The quantitative estimate of drug-likeness (QED) is 0.917. The Morgan fingerprint density at radius 1 is 1.43 bits per heavy atom. The molecule has 0 spiro atoms. The van der Waals surface area contributed by atoms with Gasteiger partial charge in [0.05, 0.1) is 5.69 Å². The second kappa shape index (κ2) is 6.23. The number of amides is 1. The molecule has 0 bridgehead atoms. The van der Waals surface area contributed by atoms with Crippen molar-refractivity contribution in [2.75, 3.05) is 11.9 Å². The SMILES string of the molecule is O=C(Nc1nc2c(s1)CN(Cc1cccc(Cl)c1)CC2)C1CC1. The number of aromatic nitrogens is 1. The van der Waals surface area contributed by atoms with Gasteiger partial charge in [-0.25, -0.2) is 4.98 Å². The summed E-state index contributed by atoms with van der Waals surface area (Å²) in [7, 11) is 0. The lowest BCUT2D eigenvalue weighted by atomic mass is 10.1. The van der Waals surface area contributed by atoms with Gasteiger partial charge in [0.2, 0.25) is 5.91 Å². The first-order valence-corrected chi connectivity index (χ1v) is 9.13. The van der Waals surface area contributed by atoms with E-state index in [-0.39, 0.29) is 11.8 Å². The van der Waals surface area contributed by atoms with Crippen LogP contribution in [0.25, 0.3) is 0 Å². The molecule has 1 aliphatic carbocycles. The highest BCUT2D eigenvalue weighted by atomic mass is 35.5. The predicted octanol–water partition coefficient (Wildman–Crippen LogP) is 3.70. The summed E-state index contributed by atoms with van der Waals surface area (Å²) < 4.78 is 0. The molecule has 6 heteroatoms. The number of carbonyl (C=O) groups excluding carboxylic acids is 1. The van der Waals surface area contributed by atoms with Gasteiger partial charge in [0.25, 0.3) is 0 Å². The van der Waals surface area contributed by atoms with Crippen molar-refractivity contribution in [3.8, 4) is 0 Å². The van der Waals surface area contributed by atoms with Crippen LogP contribution >= 0.6 is 22.9 Å². The summed E-state index contributed by atoms with van der Waals surface area (Å²) >= 11 is 7.67. The minimum atomic E-state index is 0.131. The van der Waals surface area contributed by atoms with E-state index in [1.165, 1.54) is 10.4 Å². The molecule has 0 atom stereocenters. The lowest BCUT2D eigenvalue weighted by molar-refractivity contribution is -0.117. The molecule has 0 radical (unpaired) electrons. The summed E-state index contributed by atoms with van der Waals surface area (Å²) in [6.45, 7) is 2.76. The van der Waals surface area contributed by atoms with E-state index >= 15 is 0 Å². The molecule has 1 saturated carbocycles. The monoisotopic (exact) mass is 347 g/mol. The van der Waals surface area contributed by atoms with Gasteiger partial charge in [0, 0.05) is 41.9 Å². The number of hydrogen-bond donors (Lipinski definition) is 1. The highest BCUT2D eigenvalue weighted by Gasteiger charge is 2.30. The zero-order valence-electron chi connectivity index (χ0n) is 12.7. The molecule has 120 valence electrons. The van der Waals surface area contributed by atoms with E-state index in [1.54, 1.807) is 11.3 Å². The van der Waals surface area contributed by atoms with Crippen molar-refractivity contribution in [1.29, 1.82) is 0 Å². The van der Waals surface area contributed by atoms with E-state index in [0.717, 1.165) is 54.7 Å². The third kappa shape index (κ3) is 3.57. The summed E-state index contributed by atoms with van der Waals surface area (Å²) in [5.74, 6) is 0.349. The van der Waals surface area contributed by atoms with Gasteiger partial charge in [-0.2, -0.15) is 0 Å². The largest absolute Gasteiger partial charge is 0.302 e. The highest BCUT2D eigenvalue weighted by Crippen LogP contribution is 2.33. The van der Waals surface area contributed by atoms with Gasteiger partial charge >= 0.3 is 0 Å². The van der Waals surface area contributed by atoms with Crippen molar-refractivity contribution >= 4 is 34.0 Å². The van der Waals surface area contributed by atoms with E-state index in [1.807, 2.05) is 18.2 Å². The summed E-state index contributed by atoms with van der Waals surface area (Å²) in [5, 5.41) is 4.51. The van der Waals surface area contributed by atoms with E-state index in [0.29, 0.717) is 0 Å². The van der Waals surface area contributed by atoms with Crippen molar-refractivity contribution in [3.63, 3.8) is 0 Å². The van der Waals surface area contributed by atoms with Crippen LogP contribution in [0.5, 0.6) is 0 Å². The molecule has 23 heavy (non-hydrogen) atoms. The number of rotatable bonds is 4. The Hall–Kier alpha value is -1.43. The van der Waals surface area contributed by atoms with Crippen molar-refractivity contribution in [2.45, 2.75) is 32.4 Å². The second-order valence-electron chi connectivity index (χ2n) is 6.24. The summed E-state index contributed by atoms with van der Waals surface area (Å²) in [6, 6.07) is 8.02. The maximum absolute atomic E-state index is 11.9. The average Bonchev–Trinajstić information content (AvgIpc) is 3.29. The van der Waals surface area contributed by atoms with Crippen LogP contribution in [0, 0.1) is 5.92 Å². The Balaban J connectivity index is 1.42. The molecule has 1 aromatic carbocycles. The Kier molecular flexibility index (Phi) is 4.09. The van der Waals surface area contributed by atoms with Crippen molar-refractivity contribution in [3.05, 3.63) is 45.4 Å². The average molecular weight is 348 g/mol. The molecule has 1 N–H and O–H groups in total. The molecular weight excluding hydrogens is 330 g/mol. The molecule has 1 aromatic heterocycles. The van der Waals surface area contributed by atoms with Gasteiger partial charge in [-0.3, -0.25) is 9.69 Å². The lowest BCUT2D eigenvalue weighted by Crippen LogP contribution is -2.29. The van der Waals surface area contributed by atoms with Crippen LogP contribution in [-0.2, 0) is 24.3 Å². The van der Waals surface area contributed by atoms with E-state index in [4.69, 9.17) is 11.6 Å². The number of hydrogen-bond acceptors (Lipinski definition) is 4. The van der Waals surface area contributed by atoms with E-state index < -0.39 is 0 Å². The standard InChI is InChI=1S/C17H18ClN3OS/c18-13-3-1-2-11(8-13)9-21-7-6-14-15(10-21)23-17(19-14)20-16(22)12-4-5-12/h1-3,8,12H,4-7,9-10H2,(H,19,20,22). The number of thiazole rings is 1. The number of fused-ring (bicyclic) bond motifs is 1. The zero-order chi connectivity index (χ0) is 15.8. The molecule has 1 aliphatic heterocycles. The van der Waals surface area contributed by atoms with E-state index in [9.17, 15) is 4.79 Å². The van der Waals surface area contributed by atoms with Crippen LogP contribution in [0.2, 0.25) is 5.02 Å². The molecule has 1 fully saturated rings. The normalized spacial score (nSPS) is 17.8. The number of carbonyl (C=O) groups is 1. The predicted molar refractivity (Wildman–Crippen MR) is 92.7 cm³/mol. The highest BCUT2D eigenvalue weighted by molar-refractivity contribution is 7.15. The van der Waals surface area contributed by atoms with E-state index in [2.05, 4.69) is 21.3 Å². The van der Waals surface area contributed by atoms with Crippen molar-refractivity contribution < 1.29 is 4.79 Å². The van der Waals surface area contributed by atoms with Gasteiger partial charge in [-0.05, 0) is 30.5 Å². The molecule has 2 aromatic rings. The lowest BCUT2D eigenvalue weighted by Gasteiger charge is -2.25. The van der Waals surface area contributed by atoms with Crippen molar-refractivity contribution in [1.82, 2.24) is 9.88 Å². The Morgan fingerprint density at radius 2 is 2.30 bits per heavy atom. The van der Waals surface area contributed by atoms with Crippen LogP contribution in [0.3, 0.4) is 0 Å². The summed E-state index contributed by atoms with van der Waals surface area (Å²) in [5.41, 5.74) is 2.37. The Bertz CT molecular complexity index is 741. The number of nitrogens with zero attached hydrogens (tertiary/aromatic N) is 2. The van der Waals surface area contributed by atoms with Crippen molar-refractivity contribution in [2.24, 2.45) is 5.92 Å². The fourth-order valence-corrected chi connectivity index (χ4v) is 4.15. The van der Waals surface area contributed by atoms with Crippen LogP contribution < -0.4 is 5.32 Å². The molecule has 2 aliphatic rings. The summed E-state index contributed by atoms with van der Waals surface area (Å²) in [6.07, 6.45) is 2.97. The zero-order valence-corrected chi connectivity index (χ0v) is 14.3. The first-order chi connectivity index (χ1) is 11.2. The van der Waals surface area contributed by atoms with Gasteiger partial charge in [0.1, 0.15) is 0 Å². The molecule has 0 unspecified atom stereocenters. The minimum Gasteiger partial charge on any atom is -0.302 e. The smallest absolute Gasteiger partial charge is 0.229 e. The third-order valence-corrected chi connectivity index (χ3v) is 5.52. The first-order valence-electron chi connectivity index (χ1n) is 7.93. The Labute approximate surface area is 144 Å². The fraction of sp³-hybridized carbons (Fsp3) is 0.412. The number of halogens is 1. The molecular formula is C17H18ClN3OS. The van der Waals surface area contributed by atoms with Crippen LogP contribution in [0.1, 0.15) is 29.0 Å².